The second kappa shape index (κ2) is 7.54. The van der Waals surface area contributed by atoms with Gasteiger partial charge in [0.15, 0.2) is 0 Å². The van der Waals surface area contributed by atoms with E-state index in [9.17, 15) is 5.11 Å². The molecule has 3 nitrogen and oxygen atoms in total. The van der Waals surface area contributed by atoms with Crippen molar-refractivity contribution >= 4 is 17.3 Å². The summed E-state index contributed by atoms with van der Waals surface area (Å²) in [6, 6.07) is 5.57. The molecule has 0 saturated heterocycles. The summed E-state index contributed by atoms with van der Waals surface area (Å²) >= 11 is 6.06. The Labute approximate surface area is 108 Å². The van der Waals surface area contributed by atoms with Crippen LogP contribution in [0, 0.1) is 0 Å². The van der Waals surface area contributed by atoms with Crippen molar-refractivity contribution < 1.29 is 10.2 Å². The maximum Gasteiger partial charge on any atom is 0.0716 e. The maximum absolute atomic E-state index is 9.37. The van der Waals surface area contributed by atoms with E-state index in [1.165, 1.54) is 0 Å². The zero-order chi connectivity index (χ0) is 12.7. The number of aliphatic hydroxyl groups excluding tert-OH is 2. The molecule has 0 amide bonds. The third-order valence-electron chi connectivity index (χ3n) is 2.74. The Balaban J connectivity index is 2.95. The summed E-state index contributed by atoms with van der Waals surface area (Å²) in [6.07, 6.45) is 2.15. The molecule has 0 unspecified atom stereocenters. The van der Waals surface area contributed by atoms with Gasteiger partial charge < -0.3 is 15.1 Å². The van der Waals surface area contributed by atoms with Crippen LogP contribution in [0.3, 0.4) is 0 Å². The van der Waals surface area contributed by atoms with Crippen LogP contribution in [0.1, 0.15) is 25.3 Å². The summed E-state index contributed by atoms with van der Waals surface area (Å²) in [7, 11) is 0. The summed E-state index contributed by atoms with van der Waals surface area (Å²) in [5.74, 6) is 0. The normalized spacial score (nSPS) is 10.6. The fraction of sp³-hybridized carbons (Fsp3) is 0.538. The second-order valence-electron chi connectivity index (χ2n) is 3.96. The molecule has 0 atom stereocenters. The number of aliphatic hydroxyl groups is 2. The first-order chi connectivity index (χ1) is 8.24. The monoisotopic (exact) mass is 257 g/mol. The molecule has 1 aromatic carbocycles. The molecule has 0 aliphatic carbocycles. The molecule has 96 valence electrons. The summed E-state index contributed by atoms with van der Waals surface area (Å²) in [5.41, 5.74) is 1.65. The van der Waals surface area contributed by atoms with Gasteiger partial charge in [-0.15, -0.1) is 0 Å². The number of hydrogen-bond donors (Lipinski definition) is 2. The lowest BCUT2D eigenvalue weighted by Gasteiger charge is -2.26. The fourth-order valence-corrected chi connectivity index (χ4v) is 2.05. The van der Waals surface area contributed by atoms with Gasteiger partial charge in [0, 0.05) is 29.4 Å². The van der Waals surface area contributed by atoms with Gasteiger partial charge in [-0.1, -0.05) is 31.0 Å². The number of hydrogen-bond acceptors (Lipinski definition) is 3. The zero-order valence-corrected chi connectivity index (χ0v) is 11.0. The molecule has 0 aromatic heterocycles. The lowest BCUT2D eigenvalue weighted by atomic mass is 10.1. The summed E-state index contributed by atoms with van der Waals surface area (Å²) in [6.45, 7) is 3.57. The Morgan fingerprint density at radius 3 is 2.59 bits per heavy atom. The molecule has 1 rings (SSSR count). The average molecular weight is 258 g/mol. The molecule has 1 aromatic rings. The molecule has 0 bridgehead atoms. The first-order valence-electron chi connectivity index (χ1n) is 5.98. The fourth-order valence-electron chi connectivity index (χ4n) is 1.82. The van der Waals surface area contributed by atoms with E-state index >= 15 is 0 Å². The van der Waals surface area contributed by atoms with E-state index in [1.807, 2.05) is 12.1 Å². The van der Waals surface area contributed by atoms with Crippen molar-refractivity contribution in [3.63, 3.8) is 0 Å². The van der Waals surface area contributed by atoms with Crippen molar-refractivity contribution in [1.82, 2.24) is 0 Å². The van der Waals surface area contributed by atoms with Crippen molar-refractivity contribution in [1.29, 1.82) is 0 Å². The first-order valence-corrected chi connectivity index (χ1v) is 6.36. The molecule has 2 N–H and O–H groups in total. The van der Waals surface area contributed by atoms with Crippen LogP contribution >= 0.6 is 11.6 Å². The lowest BCUT2D eigenvalue weighted by molar-refractivity contribution is 0.280. The van der Waals surface area contributed by atoms with Crippen molar-refractivity contribution in [2.75, 3.05) is 24.6 Å². The second-order valence-corrected chi connectivity index (χ2v) is 4.37. The van der Waals surface area contributed by atoms with E-state index in [4.69, 9.17) is 16.7 Å². The van der Waals surface area contributed by atoms with Crippen molar-refractivity contribution in [3.05, 3.63) is 28.8 Å². The highest BCUT2D eigenvalue weighted by Crippen LogP contribution is 2.27. The summed E-state index contributed by atoms with van der Waals surface area (Å²) in [5, 5.41) is 19.0. The Bertz CT molecular complexity index is 344. The maximum atomic E-state index is 9.37. The molecule has 0 aliphatic heterocycles. The SMILES string of the molecule is CCCCN(CCO)c1cccc(Cl)c1CO. The van der Waals surface area contributed by atoms with Crippen LogP contribution in [-0.4, -0.2) is 29.9 Å². The molecule has 0 aliphatic rings. The molecule has 17 heavy (non-hydrogen) atoms. The highest BCUT2D eigenvalue weighted by Gasteiger charge is 2.12. The molecule has 4 heteroatoms. The van der Waals surface area contributed by atoms with Crippen molar-refractivity contribution in [2.24, 2.45) is 0 Å². The highest BCUT2D eigenvalue weighted by molar-refractivity contribution is 6.31. The largest absolute Gasteiger partial charge is 0.395 e. The number of benzene rings is 1. The van der Waals surface area contributed by atoms with Gasteiger partial charge in [0.2, 0.25) is 0 Å². The Morgan fingerprint density at radius 1 is 1.24 bits per heavy atom. The van der Waals surface area contributed by atoms with Gasteiger partial charge in [-0.05, 0) is 18.6 Å². The van der Waals surface area contributed by atoms with E-state index in [-0.39, 0.29) is 13.2 Å². The quantitative estimate of drug-likeness (QED) is 0.789. The van der Waals surface area contributed by atoms with Gasteiger partial charge >= 0.3 is 0 Å². The Kier molecular flexibility index (Phi) is 6.34. The number of rotatable bonds is 7. The van der Waals surface area contributed by atoms with Crippen molar-refractivity contribution in [2.45, 2.75) is 26.4 Å². The predicted molar refractivity (Wildman–Crippen MR) is 71.6 cm³/mol. The molecule has 0 fully saturated rings. The third-order valence-corrected chi connectivity index (χ3v) is 3.10. The van der Waals surface area contributed by atoms with Gasteiger partial charge in [-0.2, -0.15) is 0 Å². The number of unbranched alkanes of at least 4 members (excludes halogenated alkanes) is 1. The molecule has 0 heterocycles. The Morgan fingerprint density at radius 2 is 2.00 bits per heavy atom. The van der Waals surface area contributed by atoms with E-state index < -0.39 is 0 Å². The third kappa shape index (κ3) is 3.87. The van der Waals surface area contributed by atoms with Gasteiger partial charge in [0.25, 0.3) is 0 Å². The van der Waals surface area contributed by atoms with Gasteiger partial charge in [0.1, 0.15) is 0 Å². The van der Waals surface area contributed by atoms with Gasteiger partial charge in [-0.3, -0.25) is 0 Å². The highest BCUT2D eigenvalue weighted by atomic mass is 35.5. The molecular formula is C13H20ClNO2. The average Bonchev–Trinajstić information content (AvgIpc) is 2.34. The van der Waals surface area contributed by atoms with Crippen LogP contribution in [0.25, 0.3) is 0 Å². The van der Waals surface area contributed by atoms with Crippen molar-refractivity contribution in [3.8, 4) is 0 Å². The smallest absolute Gasteiger partial charge is 0.0716 e. The minimum Gasteiger partial charge on any atom is -0.395 e. The van der Waals surface area contributed by atoms with E-state index in [0.717, 1.165) is 30.6 Å². The van der Waals surface area contributed by atoms with Crippen LogP contribution in [0.15, 0.2) is 18.2 Å². The number of anilines is 1. The van der Waals surface area contributed by atoms with Crippen LogP contribution < -0.4 is 4.90 Å². The van der Waals surface area contributed by atoms with E-state index in [0.29, 0.717) is 11.6 Å². The van der Waals surface area contributed by atoms with Crippen LogP contribution in [0.5, 0.6) is 0 Å². The standard InChI is InChI=1S/C13H20ClNO2/c1-2-3-7-15(8-9-16)13-6-4-5-12(14)11(13)10-17/h4-6,16-17H,2-3,7-10H2,1H3. The molecule has 0 radical (unpaired) electrons. The van der Waals surface area contributed by atoms with E-state index in [2.05, 4.69) is 11.8 Å². The molecule has 0 spiro atoms. The van der Waals surface area contributed by atoms with E-state index in [1.54, 1.807) is 6.07 Å². The molecular weight excluding hydrogens is 238 g/mol. The Hall–Kier alpha value is -0.770. The van der Waals surface area contributed by atoms with Crippen LogP contribution in [0.2, 0.25) is 5.02 Å². The van der Waals surface area contributed by atoms with Crippen LogP contribution in [0.4, 0.5) is 5.69 Å². The van der Waals surface area contributed by atoms with Gasteiger partial charge in [0.05, 0.1) is 13.2 Å². The lowest BCUT2D eigenvalue weighted by Crippen LogP contribution is -2.28. The number of halogens is 1. The van der Waals surface area contributed by atoms with Crippen LogP contribution in [-0.2, 0) is 6.61 Å². The first kappa shape index (κ1) is 14.3. The van der Waals surface area contributed by atoms with Gasteiger partial charge in [-0.25, -0.2) is 0 Å². The number of nitrogens with zero attached hydrogens (tertiary/aromatic N) is 1. The summed E-state index contributed by atoms with van der Waals surface area (Å²) < 4.78 is 0. The summed E-state index contributed by atoms with van der Waals surface area (Å²) in [4.78, 5) is 2.07. The minimum absolute atomic E-state index is 0.0803. The predicted octanol–water partition coefficient (Wildman–Crippen LogP) is 2.43. The zero-order valence-electron chi connectivity index (χ0n) is 10.2. The minimum atomic E-state index is -0.0803. The molecule has 0 saturated carbocycles. The topological polar surface area (TPSA) is 43.7 Å².